The Bertz CT molecular complexity index is 1100. The van der Waals surface area contributed by atoms with Crippen molar-refractivity contribution in [1.82, 2.24) is 4.57 Å². The zero-order chi connectivity index (χ0) is 19.7. The van der Waals surface area contributed by atoms with Crippen LogP contribution in [-0.4, -0.2) is 23.1 Å². The molecule has 0 spiro atoms. The Labute approximate surface area is 161 Å². The fourth-order valence-electron chi connectivity index (χ4n) is 2.89. The molecule has 0 radical (unpaired) electrons. The summed E-state index contributed by atoms with van der Waals surface area (Å²) in [5.74, 6) is 0.445. The number of aromatic nitrogens is 1. The molecular weight excluding hydrogens is 364 g/mol. The van der Waals surface area contributed by atoms with Crippen LogP contribution in [0.2, 0.25) is 0 Å². The van der Waals surface area contributed by atoms with Crippen LogP contribution >= 0.6 is 11.3 Å². The molecule has 2 heterocycles. The van der Waals surface area contributed by atoms with Crippen LogP contribution in [0.5, 0.6) is 0 Å². The van der Waals surface area contributed by atoms with Gasteiger partial charge in [-0.2, -0.15) is 4.99 Å². The van der Waals surface area contributed by atoms with E-state index in [0.717, 1.165) is 21.3 Å². The number of hydrogen-bond acceptors (Lipinski definition) is 5. The summed E-state index contributed by atoms with van der Waals surface area (Å²) >= 11 is 1.38. The molecular formula is C20H22N2O4S. The van der Waals surface area contributed by atoms with Crippen molar-refractivity contribution in [3.05, 3.63) is 51.2 Å². The second kappa shape index (κ2) is 7.52. The molecule has 0 unspecified atom stereocenters. The topological polar surface area (TPSA) is 73.8 Å². The number of nitrogens with zero attached hydrogens (tertiary/aromatic N) is 2. The molecule has 0 aliphatic carbocycles. The van der Waals surface area contributed by atoms with Crippen LogP contribution in [0, 0.1) is 27.7 Å². The number of carbonyl (C=O) groups excluding carboxylic acids is 2. The Morgan fingerprint density at radius 1 is 1.15 bits per heavy atom. The van der Waals surface area contributed by atoms with Gasteiger partial charge in [0.15, 0.2) is 4.80 Å². The van der Waals surface area contributed by atoms with Crippen molar-refractivity contribution in [2.24, 2.45) is 4.99 Å². The van der Waals surface area contributed by atoms with Crippen LogP contribution in [0.15, 0.2) is 27.6 Å². The van der Waals surface area contributed by atoms with Crippen molar-refractivity contribution in [2.75, 3.05) is 6.61 Å². The van der Waals surface area contributed by atoms with Gasteiger partial charge in [-0.1, -0.05) is 11.3 Å². The van der Waals surface area contributed by atoms with Crippen molar-refractivity contribution in [3.63, 3.8) is 0 Å². The Balaban J connectivity index is 2.16. The minimum Gasteiger partial charge on any atom is -0.466 e. The molecule has 0 saturated heterocycles. The van der Waals surface area contributed by atoms with E-state index in [4.69, 9.17) is 9.15 Å². The summed E-state index contributed by atoms with van der Waals surface area (Å²) in [5, 5.41) is 0. The smallest absolute Gasteiger partial charge is 0.326 e. The Kier molecular flexibility index (Phi) is 5.32. The molecule has 0 aliphatic rings. The van der Waals surface area contributed by atoms with E-state index in [2.05, 4.69) is 4.99 Å². The summed E-state index contributed by atoms with van der Waals surface area (Å²) in [7, 11) is 0. The van der Waals surface area contributed by atoms with E-state index < -0.39 is 0 Å². The summed E-state index contributed by atoms with van der Waals surface area (Å²) in [6, 6.07) is 5.74. The number of aryl methyl sites for hydroxylation is 4. The second-order valence-corrected chi connectivity index (χ2v) is 7.43. The number of rotatable bonds is 4. The van der Waals surface area contributed by atoms with Crippen LogP contribution in [0.3, 0.4) is 0 Å². The standard InChI is InChI=1S/C20H22N2O4S/c1-6-25-18(23)10-22-16-7-11(2)12(3)8-17(16)27-20(22)21-19(24)15-9-13(4)26-14(15)5/h7-9H,6,10H2,1-5H3. The average Bonchev–Trinajstić information content (AvgIpc) is 3.08. The maximum absolute atomic E-state index is 12.7. The Morgan fingerprint density at radius 2 is 1.85 bits per heavy atom. The van der Waals surface area contributed by atoms with Crippen molar-refractivity contribution in [3.8, 4) is 0 Å². The third kappa shape index (κ3) is 3.88. The molecule has 0 saturated carbocycles. The summed E-state index contributed by atoms with van der Waals surface area (Å²) in [5.41, 5.74) is 3.55. The van der Waals surface area contributed by atoms with E-state index in [9.17, 15) is 9.59 Å². The number of esters is 1. The number of benzene rings is 1. The van der Waals surface area contributed by atoms with Crippen LogP contribution in [0.4, 0.5) is 0 Å². The lowest BCUT2D eigenvalue weighted by molar-refractivity contribution is -0.143. The zero-order valence-corrected chi connectivity index (χ0v) is 16.9. The summed E-state index contributed by atoms with van der Waals surface area (Å²) in [6.07, 6.45) is 0. The second-order valence-electron chi connectivity index (χ2n) is 6.42. The molecule has 3 rings (SSSR count). The third-order valence-electron chi connectivity index (χ3n) is 4.36. The molecule has 0 fully saturated rings. The van der Waals surface area contributed by atoms with Gasteiger partial charge in [0.25, 0.3) is 5.91 Å². The van der Waals surface area contributed by atoms with Crippen molar-refractivity contribution < 1.29 is 18.7 Å². The molecule has 0 aliphatic heterocycles. The number of fused-ring (bicyclic) bond motifs is 1. The van der Waals surface area contributed by atoms with E-state index in [-0.39, 0.29) is 18.4 Å². The molecule has 0 N–H and O–H groups in total. The lowest BCUT2D eigenvalue weighted by Crippen LogP contribution is -2.23. The summed E-state index contributed by atoms with van der Waals surface area (Å²) in [4.78, 5) is 29.5. The maximum atomic E-state index is 12.7. The molecule has 7 heteroatoms. The van der Waals surface area contributed by atoms with Gasteiger partial charge in [-0.15, -0.1) is 0 Å². The molecule has 1 amide bonds. The van der Waals surface area contributed by atoms with E-state index in [0.29, 0.717) is 28.5 Å². The molecule has 2 aromatic heterocycles. The highest BCUT2D eigenvalue weighted by atomic mass is 32.1. The molecule has 6 nitrogen and oxygen atoms in total. The first-order chi connectivity index (χ1) is 12.8. The lowest BCUT2D eigenvalue weighted by Gasteiger charge is -2.06. The first kappa shape index (κ1) is 19.1. The van der Waals surface area contributed by atoms with Gasteiger partial charge in [0.1, 0.15) is 18.1 Å². The minimum absolute atomic E-state index is 0.00580. The Morgan fingerprint density at radius 3 is 2.48 bits per heavy atom. The van der Waals surface area contributed by atoms with E-state index >= 15 is 0 Å². The van der Waals surface area contributed by atoms with Gasteiger partial charge < -0.3 is 13.7 Å². The van der Waals surface area contributed by atoms with Crippen LogP contribution in [-0.2, 0) is 16.1 Å². The van der Waals surface area contributed by atoms with E-state index in [1.54, 1.807) is 31.4 Å². The van der Waals surface area contributed by atoms with Gasteiger partial charge in [0.05, 0.1) is 22.4 Å². The minimum atomic E-state index is -0.387. The molecule has 27 heavy (non-hydrogen) atoms. The van der Waals surface area contributed by atoms with Gasteiger partial charge in [-0.05, 0) is 63.9 Å². The molecule has 0 atom stereocenters. The molecule has 0 bridgehead atoms. The van der Waals surface area contributed by atoms with Gasteiger partial charge in [0.2, 0.25) is 0 Å². The fourth-order valence-corrected chi connectivity index (χ4v) is 3.99. The van der Waals surface area contributed by atoms with Gasteiger partial charge in [0, 0.05) is 0 Å². The number of thiazole rings is 1. The number of amides is 1. The van der Waals surface area contributed by atoms with Gasteiger partial charge in [-0.25, -0.2) is 0 Å². The molecule has 1 aromatic carbocycles. The number of carbonyl (C=O) groups is 2. The highest BCUT2D eigenvalue weighted by Gasteiger charge is 2.16. The summed E-state index contributed by atoms with van der Waals surface area (Å²) in [6.45, 7) is 9.64. The number of ether oxygens (including phenoxy) is 1. The van der Waals surface area contributed by atoms with Crippen molar-refractivity contribution >= 4 is 33.4 Å². The first-order valence-electron chi connectivity index (χ1n) is 8.72. The SMILES string of the molecule is CCOC(=O)Cn1c(=NC(=O)c2cc(C)oc2C)sc2cc(C)c(C)cc21. The molecule has 3 aromatic rings. The fraction of sp³-hybridized carbons (Fsp3) is 0.350. The number of hydrogen-bond donors (Lipinski definition) is 0. The first-order valence-corrected chi connectivity index (χ1v) is 9.54. The normalized spacial score (nSPS) is 12.0. The van der Waals surface area contributed by atoms with Crippen molar-refractivity contribution in [2.45, 2.75) is 41.2 Å². The number of furan rings is 1. The highest BCUT2D eigenvalue weighted by molar-refractivity contribution is 7.16. The maximum Gasteiger partial charge on any atom is 0.326 e. The zero-order valence-electron chi connectivity index (χ0n) is 16.1. The van der Waals surface area contributed by atoms with Crippen LogP contribution in [0.25, 0.3) is 10.2 Å². The largest absolute Gasteiger partial charge is 0.466 e. The van der Waals surface area contributed by atoms with Crippen LogP contribution in [0.1, 0.15) is 39.9 Å². The third-order valence-corrected chi connectivity index (χ3v) is 5.40. The predicted octanol–water partition coefficient (Wildman–Crippen LogP) is 3.83. The lowest BCUT2D eigenvalue weighted by atomic mass is 10.1. The van der Waals surface area contributed by atoms with Crippen molar-refractivity contribution in [1.29, 1.82) is 0 Å². The average molecular weight is 386 g/mol. The highest BCUT2D eigenvalue weighted by Crippen LogP contribution is 2.22. The molecule has 142 valence electrons. The quantitative estimate of drug-likeness (QED) is 0.639. The van der Waals surface area contributed by atoms with Gasteiger partial charge in [-0.3, -0.25) is 9.59 Å². The predicted molar refractivity (Wildman–Crippen MR) is 104 cm³/mol. The van der Waals surface area contributed by atoms with E-state index in [1.165, 1.54) is 11.3 Å². The van der Waals surface area contributed by atoms with Crippen LogP contribution < -0.4 is 4.80 Å². The van der Waals surface area contributed by atoms with E-state index in [1.807, 2.05) is 26.0 Å². The summed E-state index contributed by atoms with van der Waals surface area (Å²) < 4.78 is 13.2. The monoisotopic (exact) mass is 386 g/mol. The van der Waals surface area contributed by atoms with Gasteiger partial charge >= 0.3 is 5.97 Å². The Hall–Kier alpha value is -2.67.